The molecule has 1 saturated carbocycles. The third-order valence-corrected chi connectivity index (χ3v) is 6.63. The Labute approximate surface area is 232 Å². The summed E-state index contributed by atoms with van der Waals surface area (Å²) in [5.74, 6) is -0.538. The van der Waals surface area contributed by atoms with Gasteiger partial charge in [0.2, 0.25) is 0 Å². The normalized spacial score (nSPS) is 15.1. The van der Waals surface area contributed by atoms with Crippen LogP contribution in [0.4, 0.5) is 14.6 Å². The van der Waals surface area contributed by atoms with Crippen molar-refractivity contribution in [2.75, 3.05) is 12.3 Å². The number of hydrogen-bond donors (Lipinski definition) is 1. The molecule has 0 spiro atoms. The Morgan fingerprint density at radius 2 is 2.00 bits per heavy atom. The Morgan fingerprint density at radius 1 is 1.17 bits per heavy atom. The number of aromatic nitrogens is 4. The van der Waals surface area contributed by atoms with E-state index in [9.17, 15) is 14.4 Å². The molecule has 204 valence electrons. The predicted molar refractivity (Wildman–Crippen MR) is 146 cm³/mol. The van der Waals surface area contributed by atoms with Crippen molar-refractivity contribution in [3.8, 4) is 28.8 Å². The topological polar surface area (TPSA) is 135 Å². The molecule has 0 atom stereocenters. The number of nitriles is 1. The number of allylic oxidation sites excluding steroid dienone is 1. The van der Waals surface area contributed by atoms with E-state index in [0.717, 1.165) is 18.9 Å². The Bertz CT molecular complexity index is 1820. The summed E-state index contributed by atoms with van der Waals surface area (Å²) < 4.78 is 36.0. The lowest BCUT2D eigenvalue weighted by molar-refractivity contribution is -0.122. The Hall–Kier alpha value is -5.44. The number of nitrogens with two attached hydrogens (primary N) is 1. The fourth-order valence-electron chi connectivity index (χ4n) is 4.47. The summed E-state index contributed by atoms with van der Waals surface area (Å²) in [4.78, 5) is 27.4. The van der Waals surface area contributed by atoms with Crippen LogP contribution in [-0.4, -0.2) is 42.9 Å². The summed E-state index contributed by atoms with van der Waals surface area (Å²) >= 11 is 0. The number of nitrogens with zero attached hydrogens (tertiary/aromatic N) is 7. The average Bonchev–Trinajstić information content (AvgIpc) is 3.72. The third-order valence-electron chi connectivity index (χ3n) is 6.63. The van der Waals surface area contributed by atoms with Gasteiger partial charge in [-0.3, -0.25) is 9.69 Å². The summed E-state index contributed by atoms with van der Waals surface area (Å²) in [5, 5.41) is 14.5. The molecule has 12 heteroatoms. The van der Waals surface area contributed by atoms with E-state index in [1.54, 1.807) is 24.4 Å². The lowest BCUT2D eigenvalue weighted by Crippen LogP contribution is -2.41. The third kappa shape index (κ3) is 5.25. The Balaban J connectivity index is 1.34. The number of amides is 1. The number of rotatable bonds is 7. The highest BCUT2D eigenvalue weighted by atomic mass is 19.1. The lowest BCUT2D eigenvalue weighted by atomic mass is 10.1. The molecule has 41 heavy (non-hydrogen) atoms. The fourth-order valence-corrected chi connectivity index (χ4v) is 4.47. The SMILES string of the molecule is N#CC(=CC1CC1)C(=O)N1CC=CN=C1Cn1nc(-c2ccc(Oc3cccc(F)c3)cc2F)c2c(N)ncnc21. The standard InChI is InChI=1S/C29H22F2N8O2/c30-19-3-1-4-20(12-19)41-21-7-8-22(23(31)13-21)26-25-27(33)35-16-36-28(25)39(37-26)15-24-34-9-2-10-38(24)29(40)18(14-32)11-17-5-6-17/h1-4,7-9,11-13,16-17H,5-6,10,15H2,(H2,33,35,36). The van der Waals surface area contributed by atoms with Gasteiger partial charge in [-0.2, -0.15) is 10.4 Å². The van der Waals surface area contributed by atoms with Gasteiger partial charge < -0.3 is 10.5 Å². The van der Waals surface area contributed by atoms with Crippen LogP contribution in [0, 0.1) is 28.9 Å². The molecule has 1 amide bonds. The number of carbonyl (C=O) groups excluding carboxylic acids is 1. The summed E-state index contributed by atoms with van der Waals surface area (Å²) in [6.45, 7) is 0.222. The molecule has 1 fully saturated rings. The summed E-state index contributed by atoms with van der Waals surface area (Å²) in [5.41, 5.74) is 6.86. The van der Waals surface area contributed by atoms with Gasteiger partial charge in [-0.1, -0.05) is 12.1 Å². The van der Waals surface area contributed by atoms with Gasteiger partial charge in [0.15, 0.2) is 5.65 Å². The van der Waals surface area contributed by atoms with Crippen LogP contribution < -0.4 is 10.5 Å². The Kier molecular flexibility index (Phi) is 6.68. The number of aliphatic imine (C=N–C) groups is 1. The van der Waals surface area contributed by atoms with Gasteiger partial charge in [-0.05, 0) is 49.1 Å². The molecule has 2 aromatic heterocycles. The van der Waals surface area contributed by atoms with Gasteiger partial charge in [0, 0.05) is 30.4 Å². The molecule has 2 aliphatic rings. The van der Waals surface area contributed by atoms with E-state index < -0.39 is 17.5 Å². The van der Waals surface area contributed by atoms with Gasteiger partial charge in [0.25, 0.3) is 5.91 Å². The van der Waals surface area contributed by atoms with Crippen molar-refractivity contribution in [3.63, 3.8) is 0 Å². The number of anilines is 1. The molecule has 2 aromatic carbocycles. The molecule has 1 aliphatic heterocycles. The van der Waals surface area contributed by atoms with Crippen LogP contribution in [0.1, 0.15) is 12.8 Å². The zero-order valence-corrected chi connectivity index (χ0v) is 21.5. The van der Waals surface area contributed by atoms with Crippen LogP contribution in [0.25, 0.3) is 22.3 Å². The summed E-state index contributed by atoms with van der Waals surface area (Å²) in [7, 11) is 0. The van der Waals surface area contributed by atoms with Gasteiger partial charge in [-0.25, -0.2) is 28.4 Å². The molecule has 6 rings (SSSR count). The van der Waals surface area contributed by atoms with Crippen molar-refractivity contribution in [1.82, 2.24) is 24.6 Å². The maximum absolute atomic E-state index is 15.4. The van der Waals surface area contributed by atoms with Crippen LogP contribution in [0.3, 0.4) is 0 Å². The molecular formula is C29H22F2N8O2. The zero-order valence-electron chi connectivity index (χ0n) is 21.5. The van der Waals surface area contributed by atoms with Crippen LogP contribution in [0.15, 0.2) is 77.7 Å². The first-order chi connectivity index (χ1) is 19.9. The van der Waals surface area contributed by atoms with Crippen LogP contribution in [-0.2, 0) is 11.3 Å². The molecule has 1 aliphatic carbocycles. The first-order valence-corrected chi connectivity index (χ1v) is 12.8. The number of carbonyl (C=O) groups is 1. The summed E-state index contributed by atoms with van der Waals surface area (Å²) in [6.07, 6.45) is 8.17. The number of ether oxygens (including phenoxy) is 1. The number of hydrogen-bond acceptors (Lipinski definition) is 8. The number of nitrogen functional groups attached to an aromatic ring is 1. The minimum Gasteiger partial charge on any atom is -0.457 e. The molecule has 2 N–H and O–H groups in total. The smallest absolute Gasteiger partial charge is 0.269 e. The molecule has 0 saturated heterocycles. The first kappa shape index (κ1) is 25.8. The second-order valence-corrected chi connectivity index (χ2v) is 9.54. The second kappa shape index (κ2) is 10.6. The van der Waals surface area contributed by atoms with Crippen molar-refractivity contribution in [2.24, 2.45) is 10.9 Å². The number of fused-ring (bicyclic) bond motifs is 1. The monoisotopic (exact) mass is 552 g/mol. The highest BCUT2D eigenvalue weighted by Crippen LogP contribution is 2.35. The van der Waals surface area contributed by atoms with E-state index in [1.165, 1.54) is 46.2 Å². The minimum atomic E-state index is -0.660. The zero-order chi connectivity index (χ0) is 28.5. The number of halogens is 2. The van der Waals surface area contributed by atoms with E-state index >= 15 is 4.39 Å². The Morgan fingerprint density at radius 3 is 2.76 bits per heavy atom. The van der Waals surface area contributed by atoms with Crippen LogP contribution >= 0.6 is 0 Å². The maximum atomic E-state index is 15.4. The quantitative estimate of drug-likeness (QED) is 0.258. The average molecular weight is 553 g/mol. The molecule has 3 heterocycles. The molecule has 0 radical (unpaired) electrons. The van der Waals surface area contributed by atoms with Gasteiger partial charge in [-0.15, -0.1) is 0 Å². The largest absolute Gasteiger partial charge is 0.457 e. The first-order valence-electron chi connectivity index (χ1n) is 12.8. The highest BCUT2D eigenvalue weighted by Gasteiger charge is 2.29. The van der Waals surface area contributed by atoms with E-state index in [0.29, 0.717) is 16.9 Å². The molecule has 4 aromatic rings. The van der Waals surface area contributed by atoms with E-state index in [2.05, 4.69) is 20.1 Å². The molecule has 0 unspecified atom stereocenters. The van der Waals surface area contributed by atoms with Gasteiger partial charge >= 0.3 is 0 Å². The maximum Gasteiger partial charge on any atom is 0.269 e. The van der Waals surface area contributed by atoms with Crippen molar-refractivity contribution in [1.29, 1.82) is 5.26 Å². The molecule has 10 nitrogen and oxygen atoms in total. The van der Waals surface area contributed by atoms with Crippen molar-refractivity contribution in [3.05, 3.63) is 84.4 Å². The second-order valence-electron chi connectivity index (χ2n) is 9.54. The van der Waals surface area contributed by atoms with E-state index in [1.807, 2.05) is 6.07 Å². The molecule has 0 bridgehead atoms. The predicted octanol–water partition coefficient (Wildman–Crippen LogP) is 4.76. The molecular weight excluding hydrogens is 530 g/mol. The lowest BCUT2D eigenvalue weighted by Gasteiger charge is -2.24. The van der Waals surface area contributed by atoms with Gasteiger partial charge in [0.05, 0.1) is 5.39 Å². The van der Waals surface area contributed by atoms with Crippen LogP contribution in [0.5, 0.6) is 11.5 Å². The van der Waals surface area contributed by atoms with Crippen molar-refractivity contribution in [2.45, 2.75) is 19.4 Å². The van der Waals surface area contributed by atoms with Gasteiger partial charge in [0.1, 0.15) is 65.0 Å². The fraction of sp³-hybridized carbons (Fsp3) is 0.172. The summed E-state index contributed by atoms with van der Waals surface area (Å²) in [6, 6.07) is 11.7. The van der Waals surface area contributed by atoms with Crippen molar-refractivity contribution >= 4 is 28.6 Å². The van der Waals surface area contributed by atoms with E-state index in [4.69, 9.17) is 10.5 Å². The number of amidine groups is 1. The van der Waals surface area contributed by atoms with E-state index in [-0.39, 0.29) is 53.2 Å². The highest BCUT2D eigenvalue weighted by molar-refractivity contribution is 6.09. The number of benzene rings is 2. The minimum absolute atomic E-state index is 0.00639. The van der Waals surface area contributed by atoms with Crippen molar-refractivity contribution < 1.29 is 18.3 Å². The van der Waals surface area contributed by atoms with Crippen LogP contribution in [0.2, 0.25) is 0 Å².